The van der Waals surface area contributed by atoms with Crippen LogP contribution in [0.1, 0.15) is 16.7 Å². The van der Waals surface area contributed by atoms with Gasteiger partial charge in [-0.15, -0.1) is 0 Å². The van der Waals surface area contributed by atoms with Crippen LogP contribution in [0.2, 0.25) is 0 Å². The minimum atomic E-state index is -4.36. The summed E-state index contributed by atoms with van der Waals surface area (Å²) < 4.78 is 61.2. The van der Waals surface area contributed by atoms with Crippen molar-refractivity contribution in [1.29, 1.82) is 5.26 Å². The molecule has 0 spiro atoms. The fourth-order valence-electron chi connectivity index (χ4n) is 1.87. The second-order valence-corrected chi connectivity index (χ2v) is 4.85. The van der Waals surface area contributed by atoms with E-state index in [4.69, 9.17) is 14.7 Å². The maximum absolute atomic E-state index is 13.3. The average Bonchev–Trinajstić information content (AvgIpc) is 2.54. The number of ether oxygens (including phenoxy) is 2. The second-order valence-electron chi connectivity index (χ2n) is 4.85. The number of benzene rings is 2. The first-order valence-corrected chi connectivity index (χ1v) is 6.96. The molecule has 7 heteroatoms. The molecule has 0 N–H and O–H groups in total. The molecule has 0 atom stereocenters. The van der Waals surface area contributed by atoms with Crippen molar-refractivity contribution in [1.82, 2.24) is 0 Å². The number of halogens is 4. The first-order valence-electron chi connectivity index (χ1n) is 6.96. The predicted octanol–water partition coefficient (Wildman–Crippen LogP) is 4.31. The van der Waals surface area contributed by atoms with Crippen LogP contribution in [0.15, 0.2) is 42.5 Å². The molecule has 24 heavy (non-hydrogen) atoms. The van der Waals surface area contributed by atoms with Crippen molar-refractivity contribution in [3.63, 3.8) is 0 Å². The van der Waals surface area contributed by atoms with E-state index in [0.29, 0.717) is 5.56 Å². The minimum absolute atomic E-state index is 0.0686. The van der Waals surface area contributed by atoms with Crippen LogP contribution < -0.4 is 4.74 Å². The Morgan fingerprint density at radius 2 is 1.71 bits per heavy atom. The van der Waals surface area contributed by atoms with E-state index in [2.05, 4.69) is 0 Å². The molecule has 2 aromatic rings. The fraction of sp³-hybridized carbons (Fsp3) is 0.235. The van der Waals surface area contributed by atoms with Crippen molar-refractivity contribution in [3.05, 3.63) is 65.0 Å². The molecular formula is C17H13F4NO2. The highest BCUT2D eigenvalue weighted by molar-refractivity contribution is 5.36. The summed E-state index contributed by atoms with van der Waals surface area (Å²) in [6.07, 6.45) is -4.36. The van der Waals surface area contributed by atoms with Gasteiger partial charge in [-0.05, 0) is 29.8 Å². The lowest BCUT2D eigenvalue weighted by atomic mass is 10.1. The first-order chi connectivity index (χ1) is 11.4. The van der Waals surface area contributed by atoms with E-state index < -0.39 is 17.6 Å². The molecule has 0 fully saturated rings. The number of nitrogens with zero attached hydrogens (tertiary/aromatic N) is 1. The average molecular weight is 339 g/mol. The molecule has 0 aromatic heterocycles. The molecule has 0 radical (unpaired) electrons. The molecule has 126 valence electrons. The van der Waals surface area contributed by atoms with Crippen LogP contribution in [0.25, 0.3) is 0 Å². The summed E-state index contributed by atoms with van der Waals surface area (Å²) in [5, 5.41) is 8.61. The van der Waals surface area contributed by atoms with Gasteiger partial charge in [-0.3, -0.25) is 0 Å². The molecule has 0 aliphatic carbocycles. The first kappa shape index (κ1) is 17.8. The molecule has 2 aromatic carbocycles. The number of alkyl halides is 3. The van der Waals surface area contributed by atoms with Gasteiger partial charge < -0.3 is 9.47 Å². The van der Waals surface area contributed by atoms with E-state index in [0.717, 1.165) is 18.2 Å². The summed E-state index contributed by atoms with van der Waals surface area (Å²) in [4.78, 5) is 0. The van der Waals surface area contributed by atoms with Gasteiger partial charge >= 0.3 is 6.18 Å². The van der Waals surface area contributed by atoms with E-state index in [1.165, 1.54) is 24.3 Å². The van der Waals surface area contributed by atoms with Gasteiger partial charge in [0.15, 0.2) is 0 Å². The van der Waals surface area contributed by atoms with E-state index in [1.54, 1.807) is 6.07 Å². The summed E-state index contributed by atoms with van der Waals surface area (Å²) >= 11 is 0. The van der Waals surface area contributed by atoms with Crippen LogP contribution >= 0.6 is 0 Å². The highest BCUT2D eigenvalue weighted by Gasteiger charge is 2.29. The lowest BCUT2D eigenvalue weighted by molar-refractivity contribution is -0.137. The normalized spacial score (nSPS) is 11.1. The van der Waals surface area contributed by atoms with E-state index in [9.17, 15) is 17.6 Å². The lowest BCUT2D eigenvalue weighted by Gasteiger charge is -2.09. The molecule has 2 rings (SSSR count). The van der Waals surface area contributed by atoms with Crippen LogP contribution in [0.3, 0.4) is 0 Å². The third-order valence-corrected chi connectivity index (χ3v) is 3.11. The van der Waals surface area contributed by atoms with Crippen molar-refractivity contribution in [3.8, 4) is 11.8 Å². The Morgan fingerprint density at radius 1 is 1.00 bits per heavy atom. The Kier molecular flexibility index (Phi) is 5.77. The Balaban J connectivity index is 1.73. The van der Waals surface area contributed by atoms with Gasteiger partial charge in [0.2, 0.25) is 0 Å². The third-order valence-electron chi connectivity index (χ3n) is 3.11. The fourth-order valence-corrected chi connectivity index (χ4v) is 1.87. The maximum Gasteiger partial charge on any atom is 0.416 e. The third kappa shape index (κ3) is 4.96. The predicted molar refractivity (Wildman–Crippen MR) is 77.7 cm³/mol. The van der Waals surface area contributed by atoms with Crippen molar-refractivity contribution in [2.45, 2.75) is 12.8 Å². The van der Waals surface area contributed by atoms with Gasteiger partial charge in [-0.1, -0.05) is 12.1 Å². The molecule has 0 saturated heterocycles. The number of hydrogen-bond acceptors (Lipinski definition) is 3. The highest BCUT2D eigenvalue weighted by Crippen LogP contribution is 2.29. The SMILES string of the molecule is N#Cc1ccc(OCCOCc2ccc(C(F)(F)F)cc2)cc1F. The van der Waals surface area contributed by atoms with Crippen molar-refractivity contribution in [2.24, 2.45) is 0 Å². The summed E-state index contributed by atoms with van der Waals surface area (Å²) in [5.74, 6) is -0.398. The number of nitriles is 1. The molecule has 0 amide bonds. The van der Waals surface area contributed by atoms with Crippen LogP contribution in [0.5, 0.6) is 5.75 Å². The zero-order valence-electron chi connectivity index (χ0n) is 12.4. The van der Waals surface area contributed by atoms with E-state index in [1.807, 2.05) is 0 Å². The maximum atomic E-state index is 13.3. The van der Waals surface area contributed by atoms with Crippen LogP contribution in [-0.2, 0) is 17.5 Å². The van der Waals surface area contributed by atoms with Gasteiger partial charge in [0, 0.05) is 6.07 Å². The smallest absolute Gasteiger partial charge is 0.416 e. The minimum Gasteiger partial charge on any atom is -0.491 e. The molecule has 0 bridgehead atoms. The Morgan fingerprint density at radius 3 is 2.29 bits per heavy atom. The largest absolute Gasteiger partial charge is 0.491 e. The van der Waals surface area contributed by atoms with Gasteiger partial charge in [-0.25, -0.2) is 4.39 Å². The molecule has 0 saturated carbocycles. The molecule has 0 aliphatic heterocycles. The van der Waals surface area contributed by atoms with E-state index in [-0.39, 0.29) is 31.1 Å². The molecule has 0 heterocycles. The number of rotatable bonds is 6. The zero-order valence-corrected chi connectivity index (χ0v) is 12.4. The van der Waals surface area contributed by atoms with Gasteiger partial charge in [0.05, 0.1) is 24.3 Å². The second kappa shape index (κ2) is 7.79. The van der Waals surface area contributed by atoms with Crippen LogP contribution in [-0.4, -0.2) is 13.2 Å². The monoisotopic (exact) mass is 339 g/mol. The summed E-state index contributed by atoms with van der Waals surface area (Å²) in [5.41, 5.74) is -0.175. The summed E-state index contributed by atoms with van der Waals surface area (Å²) in [6, 6.07) is 10.3. The van der Waals surface area contributed by atoms with Crippen molar-refractivity contribution >= 4 is 0 Å². The highest BCUT2D eigenvalue weighted by atomic mass is 19.4. The Labute approximate surface area is 136 Å². The molecule has 3 nitrogen and oxygen atoms in total. The molecular weight excluding hydrogens is 326 g/mol. The van der Waals surface area contributed by atoms with Crippen molar-refractivity contribution < 1.29 is 27.0 Å². The van der Waals surface area contributed by atoms with Gasteiger partial charge in [-0.2, -0.15) is 18.4 Å². The van der Waals surface area contributed by atoms with Gasteiger partial charge in [0.1, 0.15) is 24.2 Å². The molecule has 0 unspecified atom stereocenters. The standard InChI is InChI=1S/C17H13F4NO2/c18-16-9-15(6-3-13(16)10-22)24-8-7-23-11-12-1-4-14(5-2-12)17(19,20)21/h1-6,9H,7-8,11H2. The lowest BCUT2D eigenvalue weighted by Crippen LogP contribution is -2.07. The number of hydrogen-bond donors (Lipinski definition) is 0. The molecule has 0 aliphatic rings. The zero-order chi connectivity index (χ0) is 17.6. The Hall–Kier alpha value is -2.59. The van der Waals surface area contributed by atoms with E-state index >= 15 is 0 Å². The summed E-state index contributed by atoms with van der Waals surface area (Å²) in [7, 11) is 0. The van der Waals surface area contributed by atoms with Crippen molar-refractivity contribution in [2.75, 3.05) is 13.2 Å². The van der Waals surface area contributed by atoms with Crippen LogP contribution in [0.4, 0.5) is 17.6 Å². The van der Waals surface area contributed by atoms with Crippen LogP contribution in [0, 0.1) is 17.1 Å². The Bertz CT molecular complexity index is 721. The quantitative estimate of drug-likeness (QED) is 0.582. The summed E-state index contributed by atoms with van der Waals surface area (Å²) in [6.45, 7) is 0.470. The van der Waals surface area contributed by atoms with Gasteiger partial charge in [0.25, 0.3) is 0 Å². The topological polar surface area (TPSA) is 42.2 Å².